The summed E-state index contributed by atoms with van der Waals surface area (Å²) in [5, 5.41) is 9.73. The van der Waals surface area contributed by atoms with Crippen LogP contribution in [0.5, 0.6) is 0 Å². The molecule has 0 spiro atoms. The molecule has 2 aliphatic heterocycles. The summed E-state index contributed by atoms with van der Waals surface area (Å²) < 4.78 is 0. The van der Waals surface area contributed by atoms with Crippen molar-refractivity contribution in [2.75, 3.05) is 0 Å². The Kier molecular flexibility index (Phi) is 5.49. The number of carboxylic acids is 1. The van der Waals surface area contributed by atoms with Gasteiger partial charge in [0.1, 0.15) is 0 Å². The maximum absolute atomic E-state index is 11.9. The second-order valence-electron chi connectivity index (χ2n) is 7.94. The monoisotopic (exact) mass is 493 g/mol. The van der Waals surface area contributed by atoms with Crippen LogP contribution in [-0.4, -0.2) is 31.0 Å². The first kappa shape index (κ1) is 21.6. The van der Waals surface area contributed by atoms with E-state index in [0.29, 0.717) is 5.56 Å². The van der Waals surface area contributed by atoms with Crippen molar-refractivity contribution in [3.8, 4) is 11.1 Å². The van der Waals surface area contributed by atoms with Gasteiger partial charge in [0.15, 0.2) is 0 Å². The topological polar surface area (TPSA) is 94.7 Å². The molecule has 3 aromatic heterocycles. The number of H-pyrrole nitrogens is 2. The van der Waals surface area contributed by atoms with Gasteiger partial charge in [-0.2, -0.15) is 0 Å². The van der Waals surface area contributed by atoms with Crippen LogP contribution >= 0.6 is 0 Å². The molecule has 0 aliphatic carbocycles. The van der Waals surface area contributed by atoms with Gasteiger partial charge in [0, 0.05) is 44.7 Å². The Morgan fingerprint density at radius 2 is 1.21 bits per heavy atom. The van der Waals surface area contributed by atoms with Crippen molar-refractivity contribution in [3.05, 3.63) is 95.1 Å². The molecular weight excluding hydrogens is 476 g/mol. The molecule has 2 aliphatic rings. The molecule has 7 heteroatoms. The molecule has 0 atom stereocenters. The molecule has 0 fully saturated rings. The van der Waals surface area contributed by atoms with Gasteiger partial charge in [-0.3, -0.25) is 0 Å². The zero-order valence-electron chi connectivity index (χ0n) is 17.7. The SMILES string of the molecule is O=C(O)c1ccccc1-c1cc2cc3nc(cc4ccc(cc5nc(cc1[nH]2)C=C5)[nH]4)C=C3.[Cu]. The van der Waals surface area contributed by atoms with Gasteiger partial charge in [0.25, 0.3) is 0 Å². The number of aromatic carboxylic acids is 1. The summed E-state index contributed by atoms with van der Waals surface area (Å²) in [5.41, 5.74) is 8.50. The van der Waals surface area contributed by atoms with Gasteiger partial charge in [0.2, 0.25) is 0 Å². The fourth-order valence-electron chi connectivity index (χ4n) is 4.15. The number of carbonyl (C=O) groups is 1. The van der Waals surface area contributed by atoms with Crippen LogP contribution in [-0.2, 0) is 17.1 Å². The molecule has 4 aromatic rings. The van der Waals surface area contributed by atoms with E-state index in [-0.39, 0.29) is 22.6 Å². The molecule has 0 saturated heterocycles. The van der Waals surface area contributed by atoms with Crippen LogP contribution in [0.1, 0.15) is 33.1 Å². The molecule has 1 aromatic carbocycles. The first-order valence-corrected chi connectivity index (χ1v) is 10.5. The average Bonchev–Trinajstić information content (AvgIpc) is 3.59. The number of hydrogen-bond acceptors (Lipinski definition) is 3. The van der Waals surface area contributed by atoms with Crippen molar-refractivity contribution in [1.29, 1.82) is 0 Å². The predicted octanol–water partition coefficient (Wildman–Crippen LogP) is 6.02. The number of aromatic amines is 2. The van der Waals surface area contributed by atoms with Gasteiger partial charge in [0.05, 0.1) is 28.3 Å². The Balaban J connectivity index is 0.00000241. The Labute approximate surface area is 205 Å². The normalized spacial score (nSPS) is 11.9. The van der Waals surface area contributed by atoms with Crippen LogP contribution in [0.2, 0.25) is 0 Å². The van der Waals surface area contributed by atoms with Crippen LogP contribution in [0.25, 0.3) is 57.5 Å². The summed E-state index contributed by atoms with van der Waals surface area (Å²) in [6, 6.07) is 20.9. The largest absolute Gasteiger partial charge is 0.478 e. The van der Waals surface area contributed by atoms with Gasteiger partial charge in [-0.25, -0.2) is 14.8 Å². The van der Waals surface area contributed by atoms with Gasteiger partial charge in [-0.1, -0.05) is 18.2 Å². The van der Waals surface area contributed by atoms with E-state index in [2.05, 4.69) is 15.0 Å². The Bertz CT molecular complexity index is 1660. The zero-order chi connectivity index (χ0) is 22.4. The molecule has 169 valence electrons. The van der Waals surface area contributed by atoms with Gasteiger partial charge in [-0.15, -0.1) is 0 Å². The fourth-order valence-corrected chi connectivity index (χ4v) is 4.15. The molecule has 5 heterocycles. The van der Waals surface area contributed by atoms with E-state index in [1.54, 1.807) is 12.1 Å². The maximum Gasteiger partial charge on any atom is 0.336 e. The Morgan fingerprint density at radius 1 is 0.647 bits per heavy atom. The third-order valence-corrected chi connectivity index (χ3v) is 5.62. The molecule has 0 unspecified atom stereocenters. The first-order valence-electron chi connectivity index (χ1n) is 10.5. The smallest absolute Gasteiger partial charge is 0.336 e. The van der Waals surface area contributed by atoms with Crippen molar-refractivity contribution in [2.45, 2.75) is 0 Å². The average molecular weight is 494 g/mol. The van der Waals surface area contributed by atoms with E-state index in [1.807, 2.05) is 78.9 Å². The molecular formula is C27H18CuN4O2. The fraction of sp³-hybridized carbons (Fsp3) is 0. The second-order valence-corrected chi connectivity index (χ2v) is 7.94. The third kappa shape index (κ3) is 4.10. The zero-order valence-corrected chi connectivity index (χ0v) is 18.7. The summed E-state index contributed by atoms with van der Waals surface area (Å²) >= 11 is 0. The van der Waals surface area contributed by atoms with E-state index < -0.39 is 5.97 Å². The number of rotatable bonds is 2. The summed E-state index contributed by atoms with van der Waals surface area (Å²) in [4.78, 5) is 28.1. The van der Waals surface area contributed by atoms with E-state index in [0.717, 1.165) is 50.4 Å². The molecule has 0 amide bonds. The number of nitrogens with one attached hydrogen (secondary N) is 2. The Hall–Kier alpha value is -4.19. The summed E-state index contributed by atoms with van der Waals surface area (Å²) in [6.45, 7) is 0. The minimum Gasteiger partial charge on any atom is -0.478 e. The number of fused-ring (bicyclic) bond motifs is 8. The summed E-state index contributed by atoms with van der Waals surface area (Å²) in [6.07, 6.45) is 7.83. The van der Waals surface area contributed by atoms with Crippen molar-refractivity contribution < 1.29 is 27.0 Å². The molecule has 3 N–H and O–H groups in total. The van der Waals surface area contributed by atoms with Gasteiger partial charge >= 0.3 is 5.97 Å². The van der Waals surface area contributed by atoms with E-state index in [4.69, 9.17) is 4.98 Å². The molecule has 34 heavy (non-hydrogen) atoms. The van der Waals surface area contributed by atoms with Crippen molar-refractivity contribution in [2.24, 2.45) is 0 Å². The number of hydrogen-bond donors (Lipinski definition) is 3. The molecule has 6 nitrogen and oxygen atoms in total. The van der Waals surface area contributed by atoms with Crippen molar-refractivity contribution >= 4 is 52.3 Å². The molecule has 8 bridgehead atoms. The van der Waals surface area contributed by atoms with Crippen LogP contribution in [0.15, 0.2) is 66.7 Å². The van der Waals surface area contributed by atoms with Crippen LogP contribution < -0.4 is 0 Å². The first-order chi connectivity index (χ1) is 16.1. The quantitative estimate of drug-likeness (QED) is 0.257. The van der Waals surface area contributed by atoms with Crippen LogP contribution in [0, 0.1) is 0 Å². The molecule has 1 radical (unpaired) electrons. The standard InChI is InChI=1S/C27H18N4O2.Cu/c32-27(33)24-4-2-1-3-23(24)25-14-22-13-20-8-7-18(29-20)11-16-5-6-17(28-16)12-19-9-10-21(30-19)15-26(25)31-22;/h1-15,28,31H,(H,32,33);. The summed E-state index contributed by atoms with van der Waals surface area (Å²) in [7, 11) is 0. The minimum absolute atomic E-state index is 0. The van der Waals surface area contributed by atoms with Gasteiger partial charge in [-0.05, 0) is 78.4 Å². The number of benzene rings is 1. The van der Waals surface area contributed by atoms with E-state index in [1.165, 1.54) is 0 Å². The van der Waals surface area contributed by atoms with Crippen molar-refractivity contribution in [3.63, 3.8) is 0 Å². The molecule has 0 saturated carbocycles. The maximum atomic E-state index is 11.9. The van der Waals surface area contributed by atoms with Crippen molar-refractivity contribution in [1.82, 2.24) is 19.9 Å². The summed E-state index contributed by atoms with van der Waals surface area (Å²) in [5.74, 6) is -0.965. The Morgan fingerprint density at radius 3 is 1.82 bits per heavy atom. The minimum atomic E-state index is -0.965. The second kappa shape index (κ2) is 8.63. The van der Waals surface area contributed by atoms with Crippen LogP contribution in [0.3, 0.4) is 0 Å². The molecule has 6 rings (SSSR count). The number of aromatic nitrogens is 4. The third-order valence-electron chi connectivity index (χ3n) is 5.62. The van der Waals surface area contributed by atoms with E-state index >= 15 is 0 Å². The van der Waals surface area contributed by atoms with Crippen LogP contribution in [0.4, 0.5) is 0 Å². The van der Waals surface area contributed by atoms with Gasteiger partial charge < -0.3 is 15.1 Å². The number of nitrogens with zero attached hydrogens (tertiary/aromatic N) is 2. The number of carboxylic acid groups (broad SMARTS) is 1. The predicted molar refractivity (Wildman–Crippen MR) is 131 cm³/mol. The van der Waals surface area contributed by atoms with E-state index in [9.17, 15) is 9.90 Å².